The van der Waals surface area contributed by atoms with E-state index in [0.29, 0.717) is 5.92 Å². The van der Waals surface area contributed by atoms with Crippen LogP contribution < -0.4 is 0 Å². The van der Waals surface area contributed by atoms with Gasteiger partial charge in [-0.3, -0.25) is 9.69 Å². The molecule has 52 valence electrons. The molecule has 1 fully saturated rings. The summed E-state index contributed by atoms with van der Waals surface area (Å²) in [5.74, 6) is -0.372. The van der Waals surface area contributed by atoms with Crippen molar-refractivity contribution in [2.75, 3.05) is 13.6 Å². The highest BCUT2D eigenvalue weighted by atomic mass is 16.4. The summed E-state index contributed by atoms with van der Waals surface area (Å²) in [6.45, 7) is 2.87. The minimum atomic E-state index is -0.698. The molecule has 0 aromatic rings. The maximum atomic E-state index is 10.4. The van der Waals surface area contributed by atoms with E-state index in [-0.39, 0.29) is 6.04 Å². The molecule has 1 saturated heterocycles. The zero-order chi connectivity index (χ0) is 7.02. The fraction of sp³-hybridized carbons (Fsp3) is 0.833. The Hall–Kier alpha value is -0.570. The second kappa shape index (κ2) is 1.99. The second-order valence-corrected chi connectivity index (χ2v) is 2.70. The first kappa shape index (κ1) is 6.55. The summed E-state index contributed by atoms with van der Waals surface area (Å²) in [6.07, 6.45) is 0. The summed E-state index contributed by atoms with van der Waals surface area (Å²) in [5.41, 5.74) is 0. The number of hydrogen-bond donors (Lipinski definition) is 1. The van der Waals surface area contributed by atoms with Crippen LogP contribution in [0, 0.1) is 5.92 Å². The Bertz CT molecular complexity index is 127. The number of carboxylic acids is 1. The first-order valence-corrected chi connectivity index (χ1v) is 3.06. The van der Waals surface area contributed by atoms with E-state index < -0.39 is 5.97 Å². The normalized spacial score (nSPS) is 35.8. The molecule has 2 atom stereocenters. The Morgan fingerprint density at radius 1 is 1.78 bits per heavy atom. The summed E-state index contributed by atoms with van der Waals surface area (Å²) in [7, 11) is 1.83. The van der Waals surface area contributed by atoms with Gasteiger partial charge < -0.3 is 5.11 Å². The number of rotatable bonds is 1. The third-order valence-corrected chi connectivity index (χ3v) is 1.84. The third kappa shape index (κ3) is 0.920. The molecule has 0 spiro atoms. The molecule has 0 radical (unpaired) electrons. The van der Waals surface area contributed by atoms with Gasteiger partial charge in [0.05, 0.1) is 0 Å². The Kier molecular flexibility index (Phi) is 1.45. The summed E-state index contributed by atoms with van der Waals surface area (Å²) < 4.78 is 0. The predicted octanol–water partition coefficient (Wildman–Crippen LogP) is 0.0211. The first-order valence-electron chi connectivity index (χ1n) is 3.06. The summed E-state index contributed by atoms with van der Waals surface area (Å²) >= 11 is 0. The highest BCUT2D eigenvalue weighted by Crippen LogP contribution is 2.21. The zero-order valence-corrected chi connectivity index (χ0v) is 5.66. The van der Waals surface area contributed by atoms with Crippen LogP contribution in [0.4, 0.5) is 0 Å². The van der Waals surface area contributed by atoms with Gasteiger partial charge in [0.2, 0.25) is 0 Å². The van der Waals surface area contributed by atoms with Crippen molar-refractivity contribution in [3.63, 3.8) is 0 Å². The van der Waals surface area contributed by atoms with Gasteiger partial charge in [-0.25, -0.2) is 0 Å². The Morgan fingerprint density at radius 3 is 2.44 bits per heavy atom. The molecule has 9 heavy (non-hydrogen) atoms. The Labute approximate surface area is 54.3 Å². The third-order valence-electron chi connectivity index (χ3n) is 1.84. The molecule has 3 nitrogen and oxygen atoms in total. The number of aliphatic carboxylic acids is 1. The second-order valence-electron chi connectivity index (χ2n) is 2.70. The quantitative estimate of drug-likeness (QED) is 0.542. The lowest BCUT2D eigenvalue weighted by Gasteiger charge is -2.40. The molecular weight excluding hydrogens is 118 g/mol. The standard InChI is InChI=1S/C6H11NO2/c1-4-3-7(2)5(4)6(8)9/h4-5H,3H2,1-2H3,(H,8,9)/t4-,5-/m0/s1. The van der Waals surface area contributed by atoms with Crippen LogP contribution in [-0.2, 0) is 4.79 Å². The monoisotopic (exact) mass is 129 g/mol. The van der Waals surface area contributed by atoms with Crippen molar-refractivity contribution < 1.29 is 9.90 Å². The van der Waals surface area contributed by atoms with Gasteiger partial charge in [-0.1, -0.05) is 6.92 Å². The van der Waals surface area contributed by atoms with Crippen LogP contribution in [-0.4, -0.2) is 35.6 Å². The molecular formula is C6H11NO2. The van der Waals surface area contributed by atoms with E-state index in [4.69, 9.17) is 5.11 Å². The van der Waals surface area contributed by atoms with Gasteiger partial charge in [0.15, 0.2) is 0 Å². The van der Waals surface area contributed by atoms with E-state index in [9.17, 15) is 4.79 Å². The lowest BCUT2D eigenvalue weighted by molar-refractivity contribution is -0.151. The molecule has 0 unspecified atom stereocenters. The molecule has 0 bridgehead atoms. The number of nitrogens with zero attached hydrogens (tertiary/aromatic N) is 1. The average molecular weight is 129 g/mol. The molecule has 0 aromatic heterocycles. The SMILES string of the molecule is C[C@H]1CN(C)[C@@H]1C(=O)O. The summed E-state index contributed by atoms with van der Waals surface area (Å²) in [6, 6.07) is -0.231. The van der Waals surface area contributed by atoms with Gasteiger partial charge >= 0.3 is 5.97 Å². The van der Waals surface area contributed by atoms with E-state index in [1.807, 2.05) is 18.9 Å². The molecule has 0 aromatic carbocycles. The summed E-state index contributed by atoms with van der Waals surface area (Å²) in [4.78, 5) is 12.2. The van der Waals surface area contributed by atoms with Gasteiger partial charge in [-0.15, -0.1) is 0 Å². The number of likely N-dealkylation sites (tertiary alicyclic amines) is 1. The van der Waals surface area contributed by atoms with Crippen molar-refractivity contribution in [1.29, 1.82) is 0 Å². The fourth-order valence-corrected chi connectivity index (χ4v) is 1.40. The number of hydrogen-bond acceptors (Lipinski definition) is 2. The van der Waals surface area contributed by atoms with Gasteiger partial charge in [-0.05, 0) is 13.0 Å². The van der Waals surface area contributed by atoms with Gasteiger partial charge in [0, 0.05) is 6.54 Å². The van der Waals surface area contributed by atoms with Gasteiger partial charge in [0.1, 0.15) is 6.04 Å². The minimum absolute atomic E-state index is 0.231. The zero-order valence-electron chi connectivity index (χ0n) is 5.66. The van der Waals surface area contributed by atoms with Crippen LogP contribution in [0.25, 0.3) is 0 Å². The lowest BCUT2D eigenvalue weighted by Crippen LogP contribution is -2.56. The largest absolute Gasteiger partial charge is 0.480 e. The topological polar surface area (TPSA) is 40.5 Å². The molecule has 1 rings (SSSR count). The molecule has 0 amide bonds. The van der Waals surface area contributed by atoms with Crippen molar-refractivity contribution in [3.8, 4) is 0 Å². The highest BCUT2D eigenvalue weighted by Gasteiger charge is 2.38. The molecule has 0 aliphatic carbocycles. The number of carbonyl (C=O) groups is 1. The first-order chi connectivity index (χ1) is 4.13. The van der Waals surface area contributed by atoms with Crippen molar-refractivity contribution in [3.05, 3.63) is 0 Å². The molecule has 0 saturated carbocycles. The molecule has 1 aliphatic rings. The van der Waals surface area contributed by atoms with E-state index >= 15 is 0 Å². The van der Waals surface area contributed by atoms with Crippen LogP contribution in [0.5, 0.6) is 0 Å². The van der Waals surface area contributed by atoms with E-state index in [2.05, 4.69) is 0 Å². The lowest BCUT2D eigenvalue weighted by atomic mass is 9.92. The van der Waals surface area contributed by atoms with Crippen LogP contribution in [0.3, 0.4) is 0 Å². The molecule has 3 heteroatoms. The Balaban J connectivity index is 2.49. The maximum Gasteiger partial charge on any atom is 0.321 e. The smallest absolute Gasteiger partial charge is 0.321 e. The minimum Gasteiger partial charge on any atom is -0.480 e. The average Bonchev–Trinajstić information content (AvgIpc) is 1.62. The van der Waals surface area contributed by atoms with E-state index in [0.717, 1.165) is 6.54 Å². The van der Waals surface area contributed by atoms with Crippen molar-refractivity contribution in [2.45, 2.75) is 13.0 Å². The van der Waals surface area contributed by atoms with Crippen molar-refractivity contribution >= 4 is 5.97 Å². The van der Waals surface area contributed by atoms with Crippen molar-refractivity contribution in [1.82, 2.24) is 4.90 Å². The van der Waals surface area contributed by atoms with Crippen LogP contribution in [0.15, 0.2) is 0 Å². The summed E-state index contributed by atoms with van der Waals surface area (Å²) in [5, 5.41) is 8.53. The molecule has 1 heterocycles. The predicted molar refractivity (Wildman–Crippen MR) is 33.2 cm³/mol. The fourth-order valence-electron chi connectivity index (χ4n) is 1.40. The number of carboxylic acid groups (broad SMARTS) is 1. The van der Waals surface area contributed by atoms with Crippen LogP contribution >= 0.6 is 0 Å². The highest BCUT2D eigenvalue weighted by molar-refractivity contribution is 5.75. The van der Waals surface area contributed by atoms with Crippen LogP contribution in [0.2, 0.25) is 0 Å². The maximum absolute atomic E-state index is 10.4. The molecule has 1 N–H and O–H groups in total. The van der Waals surface area contributed by atoms with Crippen LogP contribution in [0.1, 0.15) is 6.92 Å². The van der Waals surface area contributed by atoms with E-state index in [1.165, 1.54) is 0 Å². The Morgan fingerprint density at radius 2 is 2.33 bits per heavy atom. The molecule has 1 aliphatic heterocycles. The van der Waals surface area contributed by atoms with Crippen molar-refractivity contribution in [2.24, 2.45) is 5.92 Å². The van der Waals surface area contributed by atoms with Gasteiger partial charge in [0.25, 0.3) is 0 Å². The number of likely N-dealkylation sites (N-methyl/N-ethyl adjacent to an activating group) is 1. The van der Waals surface area contributed by atoms with Gasteiger partial charge in [-0.2, -0.15) is 0 Å². The van der Waals surface area contributed by atoms with E-state index in [1.54, 1.807) is 0 Å².